The van der Waals surface area contributed by atoms with Crippen LogP contribution in [0.4, 0.5) is 30.4 Å². The summed E-state index contributed by atoms with van der Waals surface area (Å²) in [6, 6.07) is 12.1. The number of halogens is 4. The maximum Gasteiger partial charge on any atom is 0.418 e. The third-order valence-electron chi connectivity index (χ3n) is 3.47. The van der Waals surface area contributed by atoms with Gasteiger partial charge in [-0.2, -0.15) is 13.2 Å². The minimum atomic E-state index is -4.59. The maximum atomic E-state index is 13.1. The molecule has 0 fully saturated rings. The predicted octanol–water partition coefficient (Wildman–Crippen LogP) is 5.14. The van der Waals surface area contributed by atoms with Crippen LogP contribution < -0.4 is 10.6 Å². The highest BCUT2D eigenvalue weighted by Crippen LogP contribution is 2.37. The van der Waals surface area contributed by atoms with E-state index >= 15 is 0 Å². The molecule has 1 aromatic heterocycles. The number of hydrogen-bond acceptors (Lipinski definition) is 4. The topological polar surface area (TPSA) is 66.9 Å². The van der Waals surface area contributed by atoms with Gasteiger partial charge in [0.2, 0.25) is 0 Å². The van der Waals surface area contributed by atoms with Crippen molar-refractivity contribution in [3.63, 3.8) is 0 Å². The smallest absolute Gasteiger partial charge is 0.338 e. The minimum Gasteiger partial charge on any atom is -0.338 e. The van der Waals surface area contributed by atoms with E-state index < -0.39 is 17.6 Å². The van der Waals surface area contributed by atoms with Crippen LogP contribution >= 0.6 is 11.6 Å². The van der Waals surface area contributed by atoms with Crippen molar-refractivity contribution in [2.45, 2.75) is 6.18 Å². The lowest BCUT2D eigenvalue weighted by molar-refractivity contribution is -0.136. The Morgan fingerprint density at radius 3 is 2.37 bits per heavy atom. The third kappa shape index (κ3) is 4.73. The Hall–Kier alpha value is -3.13. The molecule has 138 valence electrons. The largest absolute Gasteiger partial charge is 0.418 e. The second kappa shape index (κ2) is 7.63. The maximum absolute atomic E-state index is 13.1. The molecule has 9 heteroatoms. The molecule has 0 aliphatic heterocycles. The fourth-order valence-electron chi connectivity index (χ4n) is 2.22. The molecular weight excluding hydrogens is 381 g/mol. The molecule has 2 N–H and O–H groups in total. The molecule has 0 aliphatic rings. The number of hydrogen-bond donors (Lipinski definition) is 2. The normalized spacial score (nSPS) is 11.1. The van der Waals surface area contributed by atoms with Gasteiger partial charge in [-0.25, -0.2) is 9.97 Å². The third-order valence-corrected chi connectivity index (χ3v) is 3.70. The second-order valence-electron chi connectivity index (χ2n) is 5.42. The minimum absolute atomic E-state index is 0.0246. The summed E-state index contributed by atoms with van der Waals surface area (Å²) < 4.78 is 39.4. The quantitative estimate of drug-likeness (QED) is 0.644. The first-order chi connectivity index (χ1) is 12.8. The standard InChI is InChI=1S/C18H12ClF3N4O/c19-11-6-7-14(13(8-11)18(20,21)22)26-16-10-23-15(9-24-16)17(27)25-12-4-2-1-3-5-12/h1-10H,(H,24,26)(H,25,27). The number of carbonyl (C=O) groups excluding carboxylic acids is 1. The van der Waals surface area contributed by atoms with Gasteiger partial charge in [0.05, 0.1) is 23.6 Å². The van der Waals surface area contributed by atoms with Gasteiger partial charge in [0.15, 0.2) is 0 Å². The lowest BCUT2D eigenvalue weighted by Gasteiger charge is -2.14. The highest BCUT2D eigenvalue weighted by molar-refractivity contribution is 6.30. The van der Waals surface area contributed by atoms with Crippen molar-refractivity contribution in [2.24, 2.45) is 0 Å². The molecule has 3 rings (SSSR count). The average molecular weight is 393 g/mol. The Bertz CT molecular complexity index is 947. The van der Waals surface area contributed by atoms with Crippen molar-refractivity contribution in [3.8, 4) is 0 Å². The molecule has 0 spiro atoms. The van der Waals surface area contributed by atoms with Crippen LogP contribution in [0.15, 0.2) is 60.9 Å². The molecule has 27 heavy (non-hydrogen) atoms. The number of alkyl halides is 3. The summed E-state index contributed by atoms with van der Waals surface area (Å²) in [5, 5.41) is 5.14. The van der Waals surface area contributed by atoms with Crippen molar-refractivity contribution < 1.29 is 18.0 Å². The number of aromatic nitrogens is 2. The van der Waals surface area contributed by atoms with Crippen molar-refractivity contribution in [1.29, 1.82) is 0 Å². The zero-order valence-corrected chi connectivity index (χ0v) is 14.3. The van der Waals surface area contributed by atoms with Crippen LogP contribution in [0.2, 0.25) is 5.02 Å². The van der Waals surface area contributed by atoms with Gasteiger partial charge in [0.25, 0.3) is 5.91 Å². The van der Waals surface area contributed by atoms with Gasteiger partial charge in [-0.15, -0.1) is 0 Å². The predicted molar refractivity (Wildman–Crippen MR) is 96.2 cm³/mol. The lowest BCUT2D eigenvalue weighted by Crippen LogP contribution is -2.14. The number of carbonyl (C=O) groups is 1. The molecule has 0 aliphatic carbocycles. The van der Waals surface area contributed by atoms with E-state index in [2.05, 4.69) is 20.6 Å². The Morgan fingerprint density at radius 2 is 1.74 bits per heavy atom. The summed E-state index contributed by atoms with van der Waals surface area (Å²) in [6.07, 6.45) is -2.24. The van der Waals surface area contributed by atoms with Crippen LogP contribution in [0.3, 0.4) is 0 Å². The molecule has 0 saturated heterocycles. The summed E-state index contributed by atoms with van der Waals surface area (Å²) in [6.45, 7) is 0. The van der Waals surface area contributed by atoms with Crippen LogP contribution in [-0.2, 0) is 6.18 Å². The average Bonchev–Trinajstić information content (AvgIpc) is 2.64. The fourth-order valence-corrected chi connectivity index (χ4v) is 2.40. The molecule has 0 unspecified atom stereocenters. The van der Waals surface area contributed by atoms with Gasteiger partial charge in [0.1, 0.15) is 11.5 Å². The van der Waals surface area contributed by atoms with E-state index in [1.54, 1.807) is 24.3 Å². The Labute approximate surface area is 157 Å². The SMILES string of the molecule is O=C(Nc1ccccc1)c1cnc(Nc2ccc(Cl)cc2C(F)(F)F)cn1. The molecule has 0 atom stereocenters. The molecule has 0 saturated carbocycles. The molecule has 1 amide bonds. The first kappa shape index (κ1) is 18.7. The Balaban J connectivity index is 1.76. The summed E-state index contributed by atoms with van der Waals surface area (Å²) in [7, 11) is 0. The molecule has 0 bridgehead atoms. The zero-order valence-electron chi connectivity index (χ0n) is 13.6. The summed E-state index contributed by atoms with van der Waals surface area (Å²) in [5.74, 6) is -0.429. The van der Waals surface area contributed by atoms with E-state index in [1.165, 1.54) is 24.5 Å². The van der Waals surface area contributed by atoms with E-state index in [1.807, 2.05) is 6.07 Å². The van der Waals surface area contributed by atoms with Gasteiger partial charge in [-0.05, 0) is 30.3 Å². The van der Waals surface area contributed by atoms with Crippen molar-refractivity contribution in [2.75, 3.05) is 10.6 Å². The van der Waals surface area contributed by atoms with E-state index in [-0.39, 0.29) is 22.2 Å². The second-order valence-corrected chi connectivity index (χ2v) is 5.86. The van der Waals surface area contributed by atoms with Crippen LogP contribution in [0, 0.1) is 0 Å². The number of benzene rings is 2. The molecule has 3 aromatic rings. The van der Waals surface area contributed by atoms with Gasteiger partial charge in [-0.1, -0.05) is 29.8 Å². The Morgan fingerprint density at radius 1 is 1.00 bits per heavy atom. The van der Waals surface area contributed by atoms with Gasteiger partial charge in [0, 0.05) is 10.7 Å². The molecule has 2 aromatic carbocycles. The monoisotopic (exact) mass is 392 g/mol. The van der Waals surface area contributed by atoms with Crippen molar-refractivity contribution in [3.05, 3.63) is 77.2 Å². The van der Waals surface area contributed by atoms with Crippen LogP contribution in [0.1, 0.15) is 16.1 Å². The molecule has 0 radical (unpaired) electrons. The van der Waals surface area contributed by atoms with E-state index in [0.717, 1.165) is 6.07 Å². The fraction of sp³-hybridized carbons (Fsp3) is 0.0556. The molecule has 1 heterocycles. The highest BCUT2D eigenvalue weighted by Gasteiger charge is 2.34. The summed E-state index contributed by atoms with van der Waals surface area (Å²) in [5.41, 5.74) is -0.538. The first-order valence-electron chi connectivity index (χ1n) is 7.65. The number of nitrogens with zero attached hydrogens (tertiary/aromatic N) is 2. The van der Waals surface area contributed by atoms with Crippen LogP contribution in [-0.4, -0.2) is 15.9 Å². The zero-order chi connectivity index (χ0) is 19.4. The van der Waals surface area contributed by atoms with Gasteiger partial charge >= 0.3 is 6.18 Å². The molecular formula is C18H12ClF3N4O. The number of para-hydroxylation sites is 1. The van der Waals surface area contributed by atoms with E-state index in [0.29, 0.717) is 5.69 Å². The lowest BCUT2D eigenvalue weighted by atomic mass is 10.1. The number of nitrogens with one attached hydrogen (secondary N) is 2. The van der Waals surface area contributed by atoms with Gasteiger partial charge in [-0.3, -0.25) is 4.79 Å². The number of amides is 1. The highest BCUT2D eigenvalue weighted by atomic mass is 35.5. The van der Waals surface area contributed by atoms with Crippen molar-refractivity contribution in [1.82, 2.24) is 9.97 Å². The molecule has 5 nitrogen and oxygen atoms in total. The van der Waals surface area contributed by atoms with Crippen LogP contribution in [0.25, 0.3) is 0 Å². The Kier molecular flexibility index (Phi) is 5.27. The van der Waals surface area contributed by atoms with Gasteiger partial charge < -0.3 is 10.6 Å². The summed E-state index contributed by atoms with van der Waals surface area (Å²) >= 11 is 5.65. The first-order valence-corrected chi connectivity index (χ1v) is 8.03. The number of anilines is 3. The van der Waals surface area contributed by atoms with E-state index in [9.17, 15) is 18.0 Å². The number of rotatable bonds is 4. The van der Waals surface area contributed by atoms with Crippen LogP contribution in [0.5, 0.6) is 0 Å². The summed E-state index contributed by atoms with van der Waals surface area (Å²) in [4.78, 5) is 20.0. The van der Waals surface area contributed by atoms with Crippen molar-refractivity contribution >= 4 is 34.7 Å². The van der Waals surface area contributed by atoms with E-state index in [4.69, 9.17) is 11.6 Å².